The predicted octanol–water partition coefficient (Wildman–Crippen LogP) is 4.40. The van der Waals surface area contributed by atoms with Crippen LogP contribution >= 0.6 is 0 Å². The fraction of sp³-hybridized carbons (Fsp3) is 0.143. The standard InChI is InChI=1S/C21H15F3O5/c1-11(25)29-13-3-4-15-16(9-13)14(5-6-19(15)28-10-20(26)27-2)12-7-17(22)21(24)18(23)8-12/h3-9H,10H2,1-2H3. The molecule has 0 N–H and O–H groups in total. The van der Waals surface area contributed by atoms with Gasteiger partial charge in [-0.3, -0.25) is 4.79 Å². The Hall–Kier alpha value is -3.55. The van der Waals surface area contributed by atoms with E-state index in [4.69, 9.17) is 9.47 Å². The number of esters is 2. The van der Waals surface area contributed by atoms with Gasteiger partial charge in [0.15, 0.2) is 24.1 Å². The van der Waals surface area contributed by atoms with Crippen LogP contribution < -0.4 is 9.47 Å². The zero-order valence-electron chi connectivity index (χ0n) is 15.4. The maximum Gasteiger partial charge on any atom is 0.343 e. The second kappa shape index (κ2) is 8.22. The molecule has 3 aromatic carbocycles. The summed E-state index contributed by atoms with van der Waals surface area (Å²) in [4.78, 5) is 22.6. The van der Waals surface area contributed by atoms with E-state index in [0.29, 0.717) is 22.1 Å². The maximum absolute atomic E-state index is 13.7. The number of carbonyl (C=O) groups excluding carboxylic acids is 2. The summed E-state index contributed by atoms with van der Waals surface area (Å²) in [6.07, 6.45) is 0. The number of carbonyl (C=O) groups is 2. The van der Waals surface area contributed by atoms with Gasteiger partial charge in [-0.25, -0.2) is 18.0 Å². The third-order valence-corrected chi connectivity index (χ3v) is 4.08. The summed E-state index contributed by atoms with van der Waals surface area (Å²) in [5, 5.41) is 0.893. The Morgan fingerprint density at radius 3 is 2.24 bits per heavy atom. The molecule has 0 atom stereocenters. The predicted molar refractivity (Wildman–Crippen MR) is 98.1 cm³/mol. The third-order valence-electron chi connectivity index (χ3n) is 4.08. The van der Waals surface area contributed by atoms with Crippen molar-refractivity contribution in [3.63, 3.8) is 0 Å². The van der Waals surface area contributed by atoms with E-state index in [2.05, 4.69) is 4.74 Å². The quantitative estimate of drug-likeness (QED) is 0.358. The molecule has 0 unspecified atom stereocenters. The first kappa shape index (κ1) is 20.2. The zero-order chi connectivity index (χ0) is 21.1. The van der Waals surface area contributed by atoms with Gasteiger partial charge in [-0.15, -0.1) is 0 Å². The maximum atomic E-state index is 13.7. The molecule has 0 bridgehead atoms. The van der Waals surface area contributed by atoms with Gasteiger partial charge in [0.1, 0.15) is 11.5 Å². The Morgan fingerprint density at radius 2 is 1.62 bits per heavy atom. The van der Waals surface area contributed by atoms with E-state index < -0.39 is 29.4 Å². The van der Waals surface area contributed by atoms with E-state index in [1.54, 1.807) is 6.07 Å². The topological polar surface area (TPSA) is 61.8 Å². The second-order valence-electron chi connectivity index (χ2n) is 6.03. The summed E-state index contributed by atoms with van der Waals surface area (Å²) in [5.74, 6) is -4.90. The lowest BCUT2D eigenvalue weighted by Gasteiger charge is -2.14. The highest BCUT2D eigenvalue weighted by Gasteiger charge is 2.16. The van der Waals surface area contributed by atoms with E-state index in [0.717, 1.165) is 12.1 Å². The van der Waals surface area contributed by atoms with Gasteiger partial charge in [0.2, 0.25) is 0 Å². The highest BCUT2D eigenvalue weighted by Crippen LogP contribution is 2.37. The lowest BCUT2D eigenvalue weighted by Crippen LogP contribution is -2.12. The molecular formula is C21H15F3O5. The van der Waals surface area contributed by atoms with Gasteiger partial charge < -0.3 is 14.2 Å². The van der Waals surface area contributed by atoms with Crippen LogP contribution in [0.5, 0.6) is 11.5 Å². The van der Waals surface area contributed by atoms with Crippen molar-refractivity contribution in [1.29, 1.82) is 0 Å². The Morgan fingerprint density at radius 1 is 0.931 bits per heavy atom. The first-order valence-corrected chi connectivity index (χ1v) is 8.40. The van der Waals surface area contributed by atoms with Gasteiger partial charge in [-0.2, -0.15) is 0 Å². The average Bonchev–Trinajstić information content (AvgIpc) is 2.68. The summed E-state index contributed by atoms with van der Waals surface area (Å²) in [6, 6.07) is 9.28. The molecule has 0 aliphatic heterocycles. The molecule has 0 saturated carbocycles. The van der Waals surface area contributed by atoms with E-state index in [1.165, 1.54) is 38.3 Å². The number of methoxy groups -OCH3 is 1. The third kappa shape index (κ3) is 4.31. The molecule has 3 aromatic rings. The monoisotopic (exact) mass is 404 g/mol. The highest BCUT2D eigenvalue weighted by atomic mass is 19.2. The molecule has 0 saturated heterocycles. The Balaban J connectivity index is 2.18. The van der Waals surface area contributed by atoms with Crippen LogP contribution in [0.3, 0.4) is 0 Å². The molecule has 0 radical (unpaired) electrons. The van der Waals surface area contributed by atoms with Crippen LogP contribution in [-0.4, -0.2) is 25.7 Å². The molecule has 150 valence electrons. The molecule has 0 spiro atoms. The number of halogens is 3. The molecule has 3 rings (SSSR count). The van der Waals surface area contributed by atoms with E-state index >= 15 is 0 Å². The Bertz CT molecular complexity index is 1090. The van der Waals surface area contributed by atoms with Gasteiger partial charge in [-0.1, -0.05) is 6.07 Å². The van der Waals surface area contributed by atoms with Crippen molar-refractivity contribution in [2.24, 2.45) is 0 Å². The SMILES string of the molecule is COC(=O)COc1ccc(-c2cc(F)c(F)c(F)c2)c2cc(OC(C)=O)ccc12. The molecule has 0 aromatic heterocycles. The minimum absolute atomic E-state index is 0.0749. The summed E-state index contributed by atoms with van der Waals surface area (Å²) >= 11 is 0. The summed E-state index contributed by atoms with van der Waals surface area (Å²) < 4.78 is 55.9. The van der Waals surface area contributed by atoms with Gasteiger partial charge in [0.05, 0.1) is 7.11 Å². The van der Waals surface area contributed by atoms with Crippen LogP contribution in [0.25, 0.3) is 21.9 Å². The van der Waals surface area contributed by atoms with Crippen molar-refractivity contribution in [3.05, 3.63) is 59.9 Å². The molecular weight excluding hydrogens is 389 g/mol. The van der Waals surface area contributed by atoms with Crippen molar-refractivity contribution < 1.29 is 37.0 Å². The Kier molecular flexibility index (Phi) is 5.72. The number of hydrogen-bond donors (Lipinski definition) is 0. The molecule has 29 heavy (non-hydrogen) atoms. The van der Waals surface area contributed by atoms with Crippen molar-refractivity contribution in [1.82, 2.24) is 0 Å². The van der Waals surface area contributed by atoms with Crippen molar-refractivity contribution >= 4 is 22.7 Å². The van der Waals surface area contributed by atoms with Crippen LogP contribution in [0.1, 0.15) is 6.92 Å². The van der Waals surface area contributed by atoms with Crippen molar-refractivity contribution in [3.8, 4) is 22.6 Å². The zero-order valence-corrected chi connectivity index (χ0v) is 15.4. The van der Waals surface area contributed by atoms with Gasteiger partial charge in [0, 0.05) is 12.3 Å². The number of rotatable bonds is 5. The fourth-order valence-electron chi connectivity index (χ4n) is 2.81. The number of benzene rings is 3. The number of fused-ring (bicyclic) bond motifs is 1. The fourth-order valence-corrected chi connectivity index (χ4v) is 2.81. The summed E-state index contributed by atoms with van der Waals surface area (Å²) in [6.45, 7) is 0.877. The largest absolute Gasteiger partial charge is 0.481 e. The molecule has 0 aliphatic rings. The highest BCUT2D eigenvalue weighted by molar-refractivity contribution is 6.01. The molecule has 0 aliphatic carbocycles. The lowest BCUT2D eigenvalue weighted by atomic mass is 9.97. The second-order valence-corrected chi connectivity index (χ2v) is 6.03. The van der Waals surface area contributed by atoms with Crippen LogP contribution in [-0.2, 0) is 14.3 Å². The molecule has 5 nitrogen and oxygen atoms in total. The smallest absolute Gasteiger partial charge is 0.343 e. The van der Waals surface area contributed by atoms with Crippen molar-refractivity contribution in [2.75, 3.05) is 13.7 Å². The Labute approximate surface area is 163 Å². The summed E-state index contributed by atoms with van der Waals surface area (Å²) in [7, 11) is 1.22. The van der Waals surface area contributed by atoms with E-state index in [1.807, 2.05) is 0 Å². The van der Waals surface area contributed by atoms with Crippen LogP contribution in [0, 0.1) is 17.5 Å². The normalized spacial score (nSPS) is 10.7. The number of ether oxygens (including phenoxy) is 3. The first-order chi connectivity index (χ1) is 13.8. The van der Waals surface area contributed by atoms with Crippen LogP contribution in [0.15, 0.2) is 42.5 Å². The van der Waals surface area contributed by atoms with E-state index in [9.17, 15) is 22.8 Å². The average molecular weight is 404 g/mol. The molecule has 0 amide bonds. The lowest BCUT2D eigenvalue weighted by molar-refractivity contribution is -0.142. The van der Waals surface area contributed by atoms with Gasteiger partial charge in [-0.05, 0) is 52.9 Å². The summed E-state index contributed by atoms with van der Waals surface area (Å²) in [5.41, 5.74) is 0.420. The van der Waals surface area contributed by atoms with Gasteiger partial charge >= 0.3 is 11.9 Å². The molecule has 0 fully saturated rings. The number of hydrogen-bond acceptors (Lipinski definition) is 5. The van der Waals surface area contributed by atoms with Crippen LogP contribution in [0.4, 0.5) is 13.2 Å². The van der Waals surface area contributed by atoms with Gasteiger partial charge in [0.25, 0.3) is 0 Å². The minimum atomic E-state index is -1.57. The minimum Gasteiger partial charge on any atom is -0.481 e. The van der Waals surface area contributed by atoms with E-state index in [-0.39, 0.29) is 17.9 Å². The molecule has 8 heteroatoms. The van der Waals surface area contributed by atoms with Crippen LogP contribution in [0.2, 0.25) is 0 Å². The molecule has 0 heterocycles. The first-order valence-electron chi connectivity index (χ1n) is 8.40. The van der Waals surface area contributed by atoms with Crippen molar-refractivity contribution in [2.45, 2.75) is 6.92 Å².